The Kier molecular flexibility index (Phi) is 37.0. The van der Waals surface area contributed by atoms with E-state index in [0.717, 1.165) is 96.3 Å². The summed E-state index contributed by atoms with van der Waals surface area (Å²) in [6.45, 7) is 4.83. The molecule has 0 rings (SSSR count). The first-order chi connectivity index (χ1) is 24.9. The Bertz CT molecular complexity index is 900. The van der Waals surface area contributed by atoms with Crippen LogP contribution in [-0.4, -0.2) is 41.6 Å². The summed E-state index contributed by atoms with van der Waals surface area (Å²) >= 11 is 0. The van der Waals surface area contributed by atoms with Crippen LogP contribution in [-0.2, 0) is 19.1 Å². The van der Waals surface area contributed by atoms with Gasteiger partial charge in [0.2, 0.25) is 5.91 Å². The predicted molar refractivity (Wildman–Crippen MR) is 216 cm³/mol. The van der Waals surface area contributed by atoms with Crippen LogP contribution in [0.5, 0.6) is 0 Å². The number of carboxylic acids is 1. The summed E-state index contributed by atoms with van der Waals surface area (Å²) in [7, 11) is 0. The van der Waals surface area contributed by atoms with Crippen molar-refractivity contribution >= 4 is 17.8 Å². The molecule has 0 fully saturated rings. The first kappa shape index (κ1) is 48.6. The second kappa shape index (κ2) is 38.8. The van der Waals surface area contributed by atoms with Gasteiger partial charge in [0.25, 0.3) is 0 Å². The number of carbonyl (C=O) groups is 3. The van der Waals surface area contributed by atoms with Crippen LogP contribution in [0.25, 0.3) is 0 Å². The molecule has 7 heteroatoms. The Morgan fingerprint density at radius 1 is 0.588 bits per heavy atom. The second-order valence-electron chi connectivity index (χ2n) is 14.4. The highest BCUT2D eigenvalue weighted by Crippen LogP contribution is 2.19. The van der Waals surface area contributed by atoms with Crippen LogP contribution < -0.4 is 11.1 Å². The maximum absolute atomic E-state index is 12.8. The third kappa shape index (κ3) is 35.8. The van der Waals surface area contributed by atoms with E-state index in [2.05, 4.69) is 55.6 Å². The third-order valence-electron chi connectivity index (χ3n) is 9.47. The summed E-state index contributed by atoms with van der Waals surface area (Å²) in [4.78, 5) is 36.3. The quantitative estimate of drug-likeness (QED) is 0.0332. The lowest BCUT2D eigenvalue weighted by Crippen LogP contribution is -2.40. The molecule has 0 heterocycles. The highest BCUT2D eigenvalue weighted by atomic mass is 16.5. The van der Waals surface area contributed by atoms with Gasteiger partial charge >= 0.3 is 11.9 Å². The summed E-state index contributed by atoms with van der Waals surface area (Å²) in [5.41, 5.74) is 5.48. The Labute approximate surface area is 314 Å². The summed E-state index contributed by atoms with van der Waals surface area (Å²) in [5.74, 6) is -1.26. The minimum absolute atomic E-state index is 0.00122. The third-order valence-corrected chi connectivity index (χ3v) is 9.47. The number of hydrogen-bond acceptors (Lipinski definition) is 5. The normalized spacial score (nSPS) is 13.0. The van der Waals surface area contributed by atoms with Crippen LogP contribution in [0, 0.1) is 0 Å². The van der Waals surface area contributed by atoms with Crippen molar-refractivity contribution in [3.05, 3.63) is 36.5 Å². The lowest BCUT2D eigenvalue weighted by molar-refractivity contribution is -0.150. The number of amides is 1. The van der Waals surface area contributed by atoms with Gasteiger partial charge in [0, 0.05) is 12.8 Å². The highest BCUT2D eigenvalue weighted by molar-refractivity contribution is 5.83. The molecule has 51 heavy (non-hydrogen) atoms. The first-order valence-electron chi connectivity index (χ1n) is 21.3. The molecule has 2 unspecified atom stereocenters. The fraction of sp³-hybridized carbons (Fsp3) is 0.795. The van der Waals surface area contributed by atoms with Gasteiger partial charge in [-0.05, 0) is 90.0 Å². The number of ether oxygens (including phenoxy) is 1. The Morgan fingerprint density at radius 3 is 1.63 bits per heavy atom. The molecule has 7 nitrogen and oxygen atoms in total. The van der Waals surface area contributed by atoms with Gasteiger partial charge in [-0.1, -0.05) is 147 Å². The number of carbonyl (C=O) groups excluding carboxylic acids is 2. The van der Waals surface area contributed by atoms with Gasteiger partial charge in [-0.3, -0.25) is 9.59 Å². The molecular formula is C44H80N2O5. The van der Waals surface area contributed by atoms with Crippen molar-refractivity contribution in [3.63, 3.8) is 0 Å². The molecule has 0 radical (unpaired) electrons. The monoisotopic (exact) mass is 717 g/mol. The molecule has 296 valence electrons. The lowest BCUT2D eigenvalue weighted by Gasteiger charge is -2.18. The Balaban J connectivity index is 4.37. The van der Waals surface area contributed by atoms with Crippen molar-refractivity contribution in [1.82, 2.24) is 5.32 Å². The van der Waals surface area contributed by atoms with Crippen molar-refractivity contribution in [1.29, 1.82) is 0 Å². The standard InChI is InChI=1S/C44H80N2O5/c1-3-5-7-9-11-13-15-17-19-21-23-28-32-38-43(48)51-40(34-29-25-22-20-18-16-14-12-10-8-6-4-2)35-30-26-24-27-31-37-42(47)46-41(44(49)50)36-33-39-45/h5,7,11,13,17,19,40-41H,3-4,6,8-10,12,14-16,18,20-39,45H2,1-2H3,(H,46,47)(H,49,50)/b7-5-,13-11-,19-17-. The number of aliphatic carboxylic acids is 1. The first-order valence-corrected chi connectivity index (χ1v) is 21.3. The fourth-order valence-corrected chi connectivity index (χ4v) is 6.29. The van der Waals surface area contributed by atoms with E-state index >= 15 is 0 Å². The van der Waals surface area contributed by atoms with E-state index in [0.29, 0.717) is 32.2 Å². The van der Waals surface area contributed by atoms with Crippen LogP contribution in [0.3, 0.4) is 0 Å². The van der Waals surface area contributed by atoms with Gasteiger partial charge in [-0.15, -0.1) is 0 Å². The molecule has 4 N–H and O–H groups in total. The summed E-state index contributed by atoms with van der Waals surface area (Å²) in [6, 6.07) is -0.858. The van der Waals surface area contributed by atoms with Crippen molar-refractivity contribution in [2.24, 2.45) is 5.73 Å². The molecule has 0 aromatic heterocycles. The number of allylic oxidation sites excluding steroid dienone is 6. The van der Waals surface area contributed by atoms with Crippen LogP contribution >= 0.6 is 0 Å². The molecule has 0 saturated carbocycles. The van der Waals surface area contributed by atoms with Gasteiger partial charge in [-0.25, -0.2) is 4.79 Å². The highest BCUT2D eigenvalue weighted by Gasteiger charge is 2.19. The fourth-order valence-electron chi connectivity index (χ4n) is 6.29. The predicted octanol–water partition coefficient (Wildman–Crippen LogP) is 11.8. The smallest absolute Gasteiger partial charge is 0.326 e. The molecule has 0 aromatic rings. The van der Waals surface area contributed by atoms with Crippen molar-refractivity contribution in [3.8, 4) is 0 Å². The van der Waals surface area contributed by atoms with Gasteiger partial charge < -0.3 is 20.9 Å². The number of nitrogens with two attached hydrogens (primary N) is 1. The number of rotatable bonds is 38. The maximum atomic E-state index is 12.8. The number of nitrogens with one attached hydrogen (secondary N) is 1. The molecule has 0 bridgehead atoms. The molecule has 0 aliphatic carbocycles. The molecule has 2 atom stereocenters. The minimum atomic E-state index is -1.01. The zero-order valence-corrected chi connectivity index (χ0v) is 33.2. The number of hydrogen-bond donors (Lipinski definition) is 3. The number of unbranched alkanes of at least 4 members (excludes halogenated alkanes) is 18. The van der Waals surface area contributed by atoms with Crippen LogP contribution in [0.1, 0.15) is 206 Å². The van der Waals surface area contributed by atoms with Gasteiger partial charge in [0.1, 0.15) is 12.1 Å². The van der Waals surface area contributed by atoms with Crippen LogP contribution in [0.4, 0.5) is 0 Å². The zero-order chi connectivity index (χ0) is 37.5. The zero-order valence-electron chi connectivity index (χ0n) is 33.2. The van der Waals surface area contributed by atoms with Crippen LogP contribution in [0.2, 0.25) is 0 Å². The van der Waals surface area contributed by atoms with Crippen molar-refractivity contribution in [2.75, 3.05) is 6.54 Å². The van der Waals surface area contributed by atoms with E-state index < -0.39 is 12.0 Å². The number of esters is 1. The van der Waals surface area contributed by atoms with Gasteiger partial charge in [0.05, 0.1) is 0 Å². The van der Waals surface area contributed by atoms with E-state index in [1.807, 2.05) is 0 Å². The average molecular weight is 717 g/mol. The Morgan fingerprint density at radius 2 is 1.08 bits per heavy atom. The Hall–Kier alpha value is -2.41. The van der Waals surface area contributed by atoms with Crippen molar-refractivity contribution < 1.29 is 24.2 Å². The van der Waals surface area contributed by atoms with E-state index in [4.69, 9.17) is 10.5 Å². The molecule has 0 aliphatic heterocycles. The van der Waals surface area contributed by atoms with Gasteiger partial charge in [0.15, 0.2) is 0 Å². The molecule has 0 aromatic carbocycles. The van der Waals surface area contributed by atoms with Crippen molar-refractivity contribution in [2.45, 2.75) is 219 Å². The van der Waals surface area contributed by atoms with E-state index in [1.165, 1.54) is 70.6 Å². The average Bonchev–Trinajstić information content (AvgIpc) is 3.11. The molecule has 0 saturated heterocycles. The molecule has 0 spiro atoms. The SMILES string of the molecule is CC/C=C\C/C=C\C/C=C\CCCCCC(=O)OC(CCCCCCCCCCCCCC)CCCCCCCC(=O)NC(CCCN)C(=O)O. The number of carboxylic acid groups (broad SMARTS) is 1. The molecular weight excluding hydrogens is 636 g/mol. The van der Waals surface area contributed by atoms with E-state index in [9.17, 15) is 19.5 Å². The largest absolute Gasteiger partial charge is 0.480 e. The second-order valence-corrected chi connectivity index (χ2v) is 14.4. The maximum Gasteiger partial charge on any atom is 0.326 e. The van der Waals surface area contributed by atoms with Crippen LogP contribution in [0.15, 0.2) is 36.5 Å². The van der Waals surface area contributed by atoms with E-state index in [1.54, 1.807) is 0 Å². The molecule has 0 aliphatic rings. The summed E-state index contributed by atoms with van der Waals surface area (Å²) in [5, 5.41) is 11.9. The summed E-state index contributed by atoms with van der Waals surface area (Å²) < 4.78 is 6.03. The summed E-state index contributed by atoms with van der Waals surface area (Å²) in [6.07, 6.45) is 44.7. The lowest BCUT2D eigenvalue weighted by atomic mass is 10.0. The topological polar surface area (TPSA) is 119 Å². The minimum Gasteiger partial charge on any atom is -0.480 e. The molecule has 1 amide bonds. The van der Waals surface area contributed by atoms with E-state index in [-0.39, 0.29) is 18.0 Å². The van der Waals surface area contributed by atoms with Gasteiger partial charge in [-0.2, -0.15) is 0 Å².